The van der Waals surface area contributed by atoms with Crippen LogP contribution in [0.5, 0.6) is 0 Å². The number of Topliss-reactive ketones (excluding diaryl/α,β-unsaturated/α-hetero) is 1. The Labute approximate surface area is 110 Å². The van der Waals surface area contributed by atoms with Crippen molar-refractivity contribution in [1.82, 2.24) is 0 Å². The van der Waals surface area contributed by atoms with E-state index in [1.165, 1.54) is 45.4 Å². The van der Waals surface area contributed by atoms with Gasteiger partial charge in [-0.25, -0.2) is 0 Å². The van der Waals surface area contributed by atoms with Crippen LogP contribution in [0.25, 0.3) is 0 Å². The fourth-order valence-electron chi connectivity index (χ4n) is 1.94. The number of nitrogens with zero attached hydrogens (tertiary/aromatic N) is 1. The first-order valence-electron chi connectivity index (χ1n) is 7.25. The fraction of sp³-hybridized carbons (Fsp3) is 0.929. The molecule has 0 aliphatic rings. The SMILES string of the molecule is CCCCCCCCCCCC(=O)C(C)[N+](=O)[O-]. The minimum Gasteiger partial charge on any atom is -0.292 e. The van der Waals surface area contributed by atoms with E-state index in [4.69, 9.17) is 0 Å². The zero-order valence-corrected chi connectivity index (χ0v) is 11.8. The van der Waals surface area contributed by atoms with Gasteiger partial charge in [0.25, 0.3) is 6.04 Å². The molecule has 1 unspecified atom stereocenters. The molecule has 1 atom stereocenters. The lowest BCUT2D eigenvalue weighted by Gasteiger charge is -2.03. The molecule has 0 bridgehead atoms. The minimum absolute atomic E-state index is 0.233. The number of ketones is 1. The smallest absolute Gasteiger partial charge is 0.267 e. The molecule has 18 heavy (non-hydrogen) atoms. The molecule has 0 heterocycles. The van der Waals surface area contributed by atoms with Gasteiger partial charge in [0.1, 0.15) is 0 Å². The van der Waals surface area contributed by atoms with Crippen LogP contribution in [0.2, 0.25) is 0 Å². The lowest BCUT2D eigenvalue weighted by molar-refractivity contribution is -0.503. The molecule has 0 aromatic carbocycles. The monoisotopic (exact) mass is 257 g/mol. The molecule has 0 aliphatic heterocycles. The standard InChI is InChI=1S/C14H27NO3/c1-3-4-5-6-7-8-9-10-11-12-14(16)13(2)15(17)18/h13H,3-12H2,1-2H3. The number of hydrogen-bond acceptors (Lipinski definition) is 3. The summed E-state index contributed by atoms with van der Waals surface area (Å²) in [5, 5.41) is 10.4. The maximum absolute atomic E-state index is 11.3. The molecular weight excluding hydrogens is 230 g/mol. The molecule has 0 aromatic heterocycles. The summed E-state index contributed by atoms with van der Waals surface area (Å²) in [6.07, 6.45) is 11.1. The Morgan fingerprint density at radius 2 is 1.44 bits per heavy atom. The van der Waals surface area contributed by atoms with Gasteiger partial charge < -0.3 is 0 Å². The summed E-state index contributed by atoms with van der Waals surface area (Å²) < 4.78 is 0. The number of unbranched alkanes of at least 4 members (excludes halogenated alkanes) is 8. The lowest BCUT2D eigenvalue weighted by atomic mass is 10.0. The summed E-state index contributed by atoms with van der Waals surface area (Å²) in [5.41, 5.74) is 0. The molecule has 0 saturated carbocycles. The first kappa shape index (κ1) is 17.1. The Morgan fingerprint density at radius 3 is 1.89 bits per heavy atom. The van der Waals surface area contributed by atoms with Crippen LogP contribution < -0.4 is 0 Å². The van der Waals surface area contributed by atoms with Crippen molar-refractivity contribution in [3.8, 4) is 0 Å². The molecule has 106 valence electrons. The average molecular weight is 257 g/mol. The summed E-state index contributed by atoms with van der Waals surface area (Å²) in [4.78, 5) is 21.2. The Kier molecular flexibility index (Phi) is 10.6. The molecule has 0 fully saturated rings. The number of nitro groups is 1. The Bertz CT molecular complexity index is 241. The van der Waals surface area contributed by atoms with Crippen LogP contribution in [-0.2, 0) is 4.79 Å². The molecule has 0 amide bonds. The van der Waals surface area contributed by atoms with Crippen molar-refractivity contribution in [3.63, 3.8) is 0 Å². The molecule has 0 aliphatic carbocycles. The quantitative estimate of drug-likeness (QED) is 0.300. The summed E-state index contributed by atoms with van der Waals surface area (Å²) in [6.45, 7) is 3.58. The molecule has 0 N–H and O–H groups in total. The van der Waals surface area contributed by atoms with Gasteiger partial charge >= 0.3 is 0 Å². The third-order valence-electron chi connectivity index (χ3n) is 3.31. The Hall–Kier alpha value is -0.930. The second kappa shape index (κ2) is 11.2. The summed E-state index contributed by atoms with van der Waals surface area (Å²) in [7, 11) is 0. The zero-order chi connectivity index (χ0) is 13.8. The van der Waals surface area contributed by atoms with E-state index in [-0.39, 0.29) is 5.78 Å². The molecule has 0 spiro atoms. The van der Waals surface area contributed by atoms with Gasteiger partial charge in [0.2, 0.25) is 5.78 Å². The van der Waals surface area contributed by atoms with E-state index >= 15 is 0 Å². The highest BCUT2D eigenvalue weighted by molar-refractivity contribution is 5.82. The van der Waals surface area contributed by atoms with E-state index in [2.05, 4.69) is 6.92 Å². The first-order chi connectivity index (χ1) is 8.59. The number of rotatable bonds is 12. The highest BCUT2D eigenvalue weighted by Gasteiger charge is 2.21. The molecule has 0 saturated heterocycles. The first-order valence-corrected chi connectivity index (χ1v) is 7.25. The van der Waals surface area contributed by atoms with Crippen molar-refractivity contribution in [2.45, 2.75) is 84.1 Å². The highest BCUT2D eigenvalue weighted by atomic mass is 16.6. The van der Waals surface area contributed by atoms with Crippen LogP contribution in [0, 0.1) is 10.1 Å². The molecular formula is C14H27NO3. The van der Waals surface area contributed by atoms with E-state index in [1.54, 1.807) is 0 Å². The maximum atomic E-state index is 11.3. The number of hydrogen-bond donors (Lipinski definition) is 0. The Morgan fingerprint density at radius 1 is 1.00 bits per heavy atom. The largest absolute Gasteiger partial charge is 0.292 e. The third kappa shape index (κ3) is 9.14. The average Bonchev–Trinajstić information content (AvgIpc) is 2.35. The molecule has 4 heteroatoms. The van der Waals surface area contributed by atoms with E-state index < -0.39 is 11.0 Å². The second-order valence-electron chi connectivity index (χ2n) is 5.01. The van der Waals surface area contributed by atoms with E-state index in [0.717, 1.165) is 19.3 Å². The number of carbonyl (C=O) groups is 1. The number of carbonyl (C=O) groups excluding carboxylic acids is 1. The van der Waals surface area contributed by atoms with Gasteiger partial charge in [0, 0.05) is 18.3 Å². The van der Waals surface area contributed by atoms with Crippen LogP contribution in [-0.4, -0.2) is 16.7 Å². The van der Waals surface area contributed by atoms with Crippen molar-refractivity contribution in [3.05, 3.63) is 10.1 Å². The van der Waals surface area contributed by atoms with Gasteiger partial charge in [0.15, 0.2) is 0 Å². The maximum Gasteiger partial charge on any atom is 0.267 e. The highest BCUT2D eigenvalue weighted by Crippen LogP contribution is 2.11. The van der Waals surface area contributed by atoms with Gasteiger partial charge in [-0.15, -0.1) is 0 Å². The molecule has 0 rings (SSSR count). The van der Waals surface area contributed by atoms with Gasteiger partial charge in [-0.2, -0.15) is 0 Å². The predicted octanol–water partition coefficient (Wildman–Crippen LogP) is 4.14. The zero-order valence-electron chi connectivity index (χ0n) is 11.8. The van der Waals surface area contributed by atoms with Crippen LogP contribution in [0.15, 0.2) is 0 Å². The van der Waals surface area contributed by atoms with Crippen molar-refractivity contribution in [2.24, 2.45) is 0 Å². The van der Waals surface area contributed by atoms with Crippen LogP contribution in [0.3, 0.4) is 0 Å². The minimum atomic E-state index is -1.03. The van der Waals surface area contributed by atoms with E-state index in [9.17, 15) is 14.9 Å². The normalized spacial score (nSPS) is 12.3. The Balaban J connectivity index is 3.30. The lowest BCUT2D eigenvalue weighted by Crippen LogP contribution is -2.25. The third-order valence-corrected chi connectivity index (χ3v) is 3.31. The van der Waals surface area contributed by atoms with Gasteiger partial charge in [-0.05, 0) is 6.42 Å². The van der Waals surface area contributed by atoms with Gasteiger partial charge in [-0.1, -0.05) is 58.3 Å². The molecule has 0 aromatic rings. The molecule has 4 nitrogen and oxygen atoms in total. The van der Waals surface area contributed by atoms with Crippen LogP contribution in [0.4, 0.5) is 0 Å². The van der Waals surface area contributed by atoms with Crippen molar-refractivity contribution >= 4 is 5.78 Å². The fourth-order valence-corrected chi connectivity index (χ4v) is 1.94. The van der Waals surface area contributed by atoms with Gasteiger partial charge in [-0.3, -0.25) is 14.9 Å². The second-order valence-corrected chi connectivity index (χ2v) is 5.01. The van der Waals surface area contributed by atoms with Crippen LogP contribution >= 0.6 is 0 Å². The van der Waals surface area contributed by atoms with Crippen molar-refractivity contribution in [2.75, 3.05) is 0 Å². The predicted molar refractivity (Wildman–Crippen MR) is 73.3 cm³/mol. The van der Waals surface area contributed by atoms with Crippen molar-refractivity contribution < 1.29 is 9.72 Å². The van der Waals surface area contributed by atoms with Gasteiger partial charge in [0.05, 0.1) is 0 Å². The van der Waals surface area contributed by atoms with E-state index in [1.807, 2.05) is 0 Å². The van der Waals surface area contributed by atoms with Crippen LogP contribution in [0.1, 0.15) is 78.1 Å². The van der Waals surface area contributed by atoms with Crippen molar-refractivity contribution in [1.29, 1.82) is 0 Å². The summed E-state index contributed by atoms with van der Waals surface area (Å²) >= 11 is 0. The summed E-state index contributed by atoms with van der Waals surface area (Å²) in [6, 6.07) is -1.03. The summed E-state index contributed by atoms with van der Waals surface area (Å²) in [5.74, 6) is -0.233. The topological polar surface area (TPSA) is 60.2 Å². The molecule has 0 radical (unpaired) electrons. The van der Waals surface area contributed by atoms with E-state index in [0.29, 0.717) is 6.42 Å².